The van der Waals surface area contributed by atoms with Crippen LogP contribution in [0.3, 0.4) is 0 Å². The van der Waals surface area contributed by atoms with Crippen molar-refractivity contribution in [2.45, 2.75) is 37.8 Å². The first-order valence-electron chi connectivity index (χ1n) is 5.53. The molecule has 2 aliphatic heterocycles. The minimum absolute atomic E-state index is 0.906. The Morgan fingerprint density at radius 1 is 1.15 bits per heavy atom. The molecule has 0 amide bonds. The first-order chi connectivity index (χ1) is 6.16. The van der Waals surface area contributed by atoms with Crippen LogP contribution in [0, 0.1) is 5.92 Å². The Bertz CT molecular complexity index is 165. The summed E-state index contributed by atoms with van der Waals surface area (Å²) in [5, 5.41) is 0. The number of hydrogen-bond donors (Lipinski definition) is 0. The van der Waals surface area contributed by atoms with Gasteiger partial charge in [0.2, 0.25) is 0 Å². The van der Waals surface area contributed by atoms with E-state index in [1.165, 1.54) is 32.2 Å². The fourth-order valence-corrected chi connectivity index (χ4v) is 3.19. The Morgan fingerprint density at radius 2 is 1.69 bits per heavy atom. The molecule has 2 aliphatic rings. The Hall–Kier alpha value is -0.0800. The lowest BCUT2D eigenvalue weighted by Crippen LogP contribution is -2.42. The maximum Gasteiger partial charge on any atom is 0.00988 e. The first kappa shape index (κ1) is 9.47. The van der Waals surface area contributed by atoms with Gasteiger partial charge in [0, 0.05) is 18.6 Å². The van der Waals surface area contributed by atoms with Crippen molar-refractivity contribution in [1.82, 2.24) is 9.80 Å². The van der Waals surface area contributed by atoms with Crippen molar-refractivity contribution < 1.29 is 0 Å². The summed E-state index contributed by atoms with van der Waals surface area (Å²) in [7, 11) is 6.70. The van der Waals surface area contributed by atoms with E-state index in [4.69, 9.17) is 0 Å². The third-order valence-electron chi connectivity index (χ3n) is 3.82. The van der Waals surface area contributed by atoms with E-state index in [9.17, 15) is 0 Å². The highest BCUT2D eigenvalue weighted by atomic mass is 15.2. The van der Waals surface area contributed by atoms with Crippen molar-refractivity contribution >= 4 is 0 Å². The molecule has 2 rings (SSSR count). The Kier molecular flexibility index (Phi) is 2.61. The predicted octanol–water partition coefficient (Wildman–Crippen LogP) is 1.42. The lowest BCUT2D eigenvalue weighted by Gasteiger charge is -2.37. The number of piperidine rings is 1. The normalized spacial score (nSPS) is 40.2. The summed E-state index contributed by atoms with van der Waals surface area (Å²) in [5.74, 6) is 0.962. The highest BCUT2D eigenvalue weighted by molar-refractivity contribution is 4.93. The van der Waals surface area contributed by atoms with Gasteiger partial charge in [-0.3, -0.25) is 0 Å². The first-order valence-corrected chi connectivity index (χ1v) is 5.53. The molecule has 2 bridgehead atoms. The Balaban J connectivity index is 1.91. The van der Waals surface area contributed by atoms with Gasteiger partial charge in [0.1, 0.15) is 0 Å². The second-order valence-electron chi connectivity index (χ2n) is 5.15. The molecular weight excluding hydrogens is 160 g/mol. The van der Waals surface area contributed by atoms with Crippen LogP contribution in [0.25, 0.3) is 0 Å². The van der Waals surface area contributed by atoms with E-state index in [2.05, 4.69) is 30.9 Å². The van der Waals surface area contributed by atoms with E-state index in [0.717, 1.165) is 18.0 Å². The lowest BCUT2D eigenvalue weighted by molar-refractivity contribution is 0.118. The Morgan fingerprint density at radius 3 is 2.15 bits per heavy atom. The monoisotopic (exact) mass is 182 g/mol. The van der Waals surface area contributed by atoms with Crippen molar-refractivity contribution in [1.29, 1.82) is 0 Å². The van der Waals surface area contributed by atoms with Crippen LogP contribution in [-0.2, 0) is 0 Å². The molecule has 76 valence electrons. The van der Waals surface area contributed by atoms with Crippen LogP contribution in [0.5, 0.6) is 0 Å². The van der Waals surface area contributed by atoms with Crippen molar-refractivity contribution in [2.75, 3.05) is 27.7 Å². The summed E-state index contributed by atoms with van der Waals surface area (Å²) >= 11 is 0. The van der Waals surface area contributed by atoms with E-state index < -0.39 is 0 Å². The van der Waals surface area contributed by atoms with Crippen molar-refractivity contribution in [2.24, 2.45) is 5.92 Å². The van der Waals surface area contributed by atoms with Gasteiger partial charge in [-0.25, -0.2) is 0 Å². The summed E-state index contributed by atoms with van der Waals surface area (Å²) in [6.07, 6.45) is 5.77. The zero-order chi connectivity index (χ0) is 9.42. The third kappa shape index (κ3) is 1.89. The molecule has 2 fully saturated rings. The molecular formula is C11H22N2. The van der Waals surface area contributed by atoms with Gasteiger partial charge >= 0.3 is 0 Å². The van der Waals surface area contributed by atoms with Crippen LogP contribution in [0.4, 0.5) is 0 Å². The van der Waals surface area contributed by atoms with E-state index in [0.29, 0.717) is 0 Å². The van der Waals surface area contributed by atoms with Gasteiger partial charge in [-0.15, -0.1) is 0 Å². The lowest BCUT2D eigenvalue weighted by atomic mass is 9.91. The van der Waals surface area contributed by atoms with Crippen LogP contribution in [0.2, 0.25) is 0 Å². The number of nitrogens with zero attached hydrogens (tertiary/aromatic N) is 2. The minimum Gasteiger partial charge on any atom is -0.309 e. The van der Waals surface area contributed by atoms with Crippen LogP contribution in [0.1, 0.15) is 25.7 Å². The minimum atomic E-state index is 0.906. The highest BCUT2D eigenvalue weighted by Gasteiger charge is 2.38. The van der Waals surface area contributed by atoms with Gasteiger partial charge in [-0.1, -0.05) is 0 Å². The molecule has 0 radical (unpaired) electrons. The molecule has 13 heavy (non-hydrogen) atoms. The van der Waals surface area contributed by atoms with E-state index in [-0.39, 0.29) is 0 Å². The van der Waals surface area contributed by atoms with E-state index >= 15 is 0 Å². The Labute approximate surface area is 81.9 Å². The molecule has 2 heterocycles. The van der Waals surface area contributed by atoms with Gasteiger partial charge < -0.3 is 9.80 Å². The van der Waals surface area contributed by atoms with Crippen LogP contribution in [-0.4, -0.2) is 49.6 Å². The number of rotatable bonds is 2. The average molecular weight is 182 g/mol. The molecule has 0 spiro atoms. The molecule has 2 nitrogen and oxygen atoms in total. The molecule has 2 saturated heterocycles. The van der Waals surface area contributed by atoms with E-state index in [1.807, 2.05) is 0 Å². The van der Waals surface area contributed by atoms with Gasteiger partial charge in [0.05, 0.1) is 0 Å². The molecule has 2 heteroatoms. The molecule has 2 unspecified atom stereocenters. The third-order valence-corrected chi connectivity index (χ3v) is 3.82. The highest BCUT2D eigenvalue weighted by Crippen LogP contribution is 2.37. The largest absolute Gasteiger partial charge is 0.309 e. The second kappa shape index (κ2) is 3.58. The summed E-state index contributed by atoms with van der Waals surface area (Å²) in [6, 6.07) is 1.81. The second-order valence-corrected chi connectivity index (χ2v) is 5.15. The topological polar surface area (TPSA) is 6.48 Å². The van der Waals surface area contributed by atoms with Gasteiger partial charge in [0.25, 0.3) is 0 Å². The zero-order valence-electron chi connectivity index (χ0n) is 9.16. The molecule has 0 N–H and O–H groups in total. The average Bonchev–Trinajstić information content (AvgIpc) is 2.33. The fraction of sp³-hybridized carbons (Fsp3) is 1.00. The maximum absolute atomic E-state index is 2.62. The van der Waals surface area contributed by atoms with Crippen molar-refractivity contribution in [3.63, 3.8) is 0 Å². The predicted molar refractivity (Wildman–Crippen MR) is 55.9 cm³/mol. The smallest absolute Gasteiger partial charge is 0.00988 e. The number of hydrogen-bond acceptors (Lipinski definition) is 2. The van der Waals surface area contributed by atoms with Crippen LogP contribution >= 0.6 is 0 Å². The number of fused-ring (bicyclic) bond motifs is 2. The molecule has 0 aliphatic carbocycles. The fourth-order valence-electron chi connectivity index (χ4n) is 3.19. The van der Waals surface area contributed by atoms with Gasteiger partial charge in [-0.2, -0.15) is 0 Å². The quantitative estimate of drug-likeness (QED) is 0.637. The maximum atomic E-state index is 2.62. The molecule has 0 saturated carbocycles. The van der Waals surface area contributed by atoms with Gasteiger partial charge in [-0.05, 0) is 52.7 Å². The molecule has 0 aromatic heterocycles. The SMILES string of the molecule is CN(C)CC1CC2CCC(C1)N2C. The van der Waals surface area contributed by atoms with Crippen molar-refractivity contribution in [3.8, 4) is 0 Å². The molecule has 0 aromatic carbocycles. The zero-order valence-corrected chi connectivity index (χ0v) is 9.16. The molecule has 0 aromatic rings. The van der Waals surface area contributed by atoms with Gasteiger partial charge in [0.15, 0.2) is 0 Å². The standard InChI is InChI=1S/C11H22N2/c1-12(2)8-9-6-10-4-5-11(7-9)13(10)3/h9-11H,4-8H2,1-3H3. The van der Waals surface area contributed by atoms with Crippen molar-refractivity contribution in [3.05, 3.63) is 0 Å². The summed E-state index contributed by atoms with van der Waals surface area (Å²) in [4.78, 5) is 4.96. The summed E-state index contributed by atoms with van der Waals surface area (Å²) in [5.41, 5.74) is 0. The van der Waals surface area contributed by atoms with Crippen LogP contribution in [0.15, 0.2) is 0 Å². The summed E-state index contributed by atoms with van der Waals surface area (Å²) < 4.78 is 0. The molecule has 2 atom stereocenters. The van der Waals surface area contributed by atoms with E-state index in [1.54, 1.807) is 0 Å². The van der Waals surface area contributed by atoms with Crippen LogP contribution < -0.4 is 0 Å². The summed E-state index contributed by atoms with van der Waals surface area (Å²) in [6.45, 7) is 1.29.